The third kappa shape index (κ3) is 4.49. The van der Waals surface area contributed by atoms with Gasteiger partial charge in [-0.1, -0.05) is 5.16 Å². The van der Waals surface area contributed by atoms with E-state index in [9.17, 15) is 28.1 Å². The fraction of sp³-hybridized carbons (Fsp3) is 0.333. The highest BCUT2D eigenvalue weighted by Gasteiger charge is 2.33. The number of alkyl halides is 3. The molecule has 140 valence electrons. The quantitative estimate of drug-likeness (QED) is 0.591. The van der Waals surface area contributed by atoms with Crippen LogP contribution in [0.5, 0.6) is 0 Å². The van der Waals surface area contributed by atoms with Gasteiger partial charge in [0, 0.05) is 19.0 Å². The molecule has 1 aromatic heterocycles. The second-order valence-corrected chi connectivity index (χ2v) is 5.41. The molecule has 26 heavy (non-hydrogen) atoms. The molecule has 2 N–H and O–H groups in total. The van der Waals surface area contributed by atoms with Crippen LogP contribution in [-0.2, 0) is 11.0 Å². The van der Waals surface area contributed by atoms with Crippen molar-refractivity contribution >= 4 is 23.0 Å². The van der Waals surface area contributed by atoms with Gasteiger partial charge in [0.1, 0.15) is 17.1 Å². The minimum Gasteiger partial charge on any atom is -0.379 e. The van der Waals surface area contributed by atoms with Crippen molar-refractivity contribution in [3.05, 3.63) is 45.3 Å². The maximum absolute atomic E-state index is 12.7. The van der Waals surface area contributed by atoms with Crippen molar-refractivity contribution in [2.45, 2.75) is 26.4 Å². The number of nitrogens with zero attached hydrogens (tertiary/aromatic N) is 2. The minimum absolute atomic E-state index is 0.0125. The average molecular weight is 372 g/mol. The van der Waals surface area contributed by atoms with Crippen LogP contribution in [0.15, 0.2) is 22.7 Å². The Hall–Kier alpha value is -3.11. The van der Waals surface area contributed by atoms with Crippen molar-refractivity contribution in [2.75, 3.05) is 17.2 Å². The molecule has 2 rings (SSSR count). The molecule has 0 bridgehead atoms. The number of aryl methyl sites for hydroxylation is 2. The van der Waals surface area contributed by atoms with E-state index in [4.69, 9.17) is 4.52 Å². The molecule has 1 amide bonds. The summed E-state index contributed by atoms with van der Waals surface area (Å²) in [6.45, 7) is 3.26. The molecule has 1 aromatic carbocycles. The SMILES string of the molecule is Cc1noc(C)c1NC(=O)CCNc1ccc(C(F)(F)F)cc1[N+](=O)[O-]. The van der Waals surface area contributed by atoms with E-state index in [0.29, 0.717) is 23.2 Å². The summed E-state index contributed by atoms with van der Waals surface area (Å²) in [6.07, 6.45) is -4.75. The van der Waals surface area contributed by atoms with E-state index >= 15 is 0 Å². The topological polar surface area (TPSA) is 110 Å². The lowest BCUT2D eigenvalue weighted by atomic mass is 10.1. The summed E-state index contributed by atoms with van der Waals surface area (Å²) >= 11 is 0. The van der Waals surface area contributed by atoms with E-state index in [2.05, 4.69) is 15.8 Å². The van der Waals surface area contributed by atoms with E-state index in [1.165, 1.54) is 0 Å². The Morgan fingerprint density at radius 3 is 2.58 bits per heavy atom. The molecule has 0 radical (unpaired) electrons. The van der Waals surface area contributed by atoms with Gasteiger partial charge in [-0.3, -0.25) is 14.9 Å². The van der Waals surface area contributed by atoms with Crippen LogP contribution < -0.4 is 10.6 Å². The minimum atomic E-state index is -4.68. The molecule has 0 aliphatic heterocycles. The Labute approximate surface area is 145 Å². The third-order valence-electron chi connectivity index (χ3n) is 3.49. The molecule has 0 saturated carbocycles. The van der Waals surface area contributed by atoms with Gasteiger partial charge in [0.15, 0.2) is 5.76 Å². The largest absolute Gasteiger partial charge is 0.416 e. The van der Waals surface area contributed by atoms with Crippen LogP contribution in [-0.4, -0.2) is 22.5 Å². The van der Waals surface area contributed by atoms with Gasteiger partial charge in [-0.15, -0.1) is 0 Å². The van der Waals surface area contributed by atoms with Crippen LogP contribution in [0.1, 0.15) is 23.4 Å². The highest BCUT2D eigenvalue weighted by Crippen LogP contribution is 2.34. The number of halogens is 3. The average Bonchev–Trinajstić information content (AvgIpc) is 2.85. The lowest BCUT2D eigenvalue weighted by molar-refractivity contribution is -0.384. The van der Waals surface area contributed by atoms with Crippen molar-refractivity contribution in [1.82, 2.24) is 5.16 Å². The highest BCUT2D eigenvalue weighted by molar-refractivity contribution is 5.92. The first-order chi connectivity index (χ1) is 12.1. The summed E-state index contributed by atoms with van der Waals surface area (Å²) in [4.78, 5) is 22.0. The van der Waals surface area contributed by atoms with E-state index in [0.717, 1.165) is 12.1 Å². The molecule has 2 aromatic rings. The number of carbonyl (C=O) groups excluding carboxylic acids is 1. The van der Waals surface area contributed by atoms with E-state index in [-0.39, 0.29) is 18.7 Å². The van der Waals surface area contributed by atoms with Gasteiger partial charge in [-0.05, 0) is 26.0 Å². The summed E-state index contributed by atoms with van der Waals surface area (Å²) in [5.41, 5.74) is -0.998. The zero-order chi connectivity index (χ0) is 19.5. The zero-order valence-electron chi connectivity index (χ0n) is 13.8. The molecule has 0 spiro atoms. The number of carbonyl (C=O) groups is 1. The van der Waals surface area contributed by atoms with Gasteiger partial charge in [0.25, 0.3) is 5.69 Å². The number of hydrogen-bond donors (Lipinski definition) is 2. The van der Waals surface area contributed by atoms with Crippen LogP contribution in [0.25, 0.3) is 0 Å². The fourth-order valence-corrected chi connectivity index (χ4v) is 2.18. The maximum atomic E-state index is 12.7. The Morgan fingerprint density at radius 2 is 2.04 bits per heavy atom. The van der Waals surface area contributed by atoms with Gasteiger partial charge in [0.05, 0.1) is 10.5 Å². The van der Waals surface area contributed by atoms with Crippen LogP contribution in [0.2, 0.25) is 0 Å². The van der Waals surface area contributed by atoms with Crippen LogP contribution >= 0.6 is 0 Å². The number of benzene rings is 1. The van der Waals surface area contributed by atoms with Crippen LogP contribution in [0, 0.1) is 24.0 Å². The number of nitrogens with one attached hydrogen (secondary N) is 2. The molecule has 0 aliphatic carbocycles. The normalized spacial score (nSPS) is 11.3. The van der Waals surface area contributed by atoms with Gasteiger partial charge < -0.3 is 15.2 Å². The highest BCUT2D eigenvalue weighted by atomic mass is 19.4. The summed E-state index contributed by atoms with van der Waals surface area (Å²) in [7, 11) is 0. The van der Waals surface area contributed by atoms with Crippen molar-refractivity contribution in [3.63, 3.8) is 0 Å². The molecule has 8 nitrogen and oxygen atoms in total. The monoisotopic (exact) mass is 372 g/mol. The molecule has 1 heterocycles. The lowest BCUT2D eigenvalue weighted by Crippen LogP contribution is -2.17. The Morgan fingerprint density at radius 1 is 1.35 bits per heavy atom. The molecule has 0 unspecified atom stereocenters. The number of amides is 1. The van der Waals surface area contributed by atoms with Crippen LogP contribution in [0.4, 0.5) is 30.2 Å². The number of nitro groups is 1. The summed E-state index contributed by atoms with van der Waals surface area (Å²) in [5.74, 6) is 0.0312. The van der Waals surface area contributed by atoms with Crippen molar-refractivity contribution in [1.29, 1.82) is 0 Å². The predicted octanol–water partition coefficient (Wildman–Crippen LogP) is 3.66. The molecule has 11 heteroatoms. The van der Waals surface area contributed by atoms with E-state index < -0.39 is 28.3 Å². The van der Waals surface area contributed by atoms with E-state index in [1.807, 2.05) is 0 Å². The second-order valence-electron chi connectivity index (χ2n) is 5.41. The predicted molar refractivity (Wildman–Crippen MR) is 85.8 cm³/mol. The zero-order valence-corrected chi connectivity index (χ0v) is 13.8. The van der Waals surface area contributed by atoms with Crippen molar-refractivity contribution in [3.8, 4) is 0 Å². The van der Waals surface area contributed by atoms with Gasteiger partial charge in [0.2, 0.25) is 5.91 Å². The van der Waals surface area contributed by atoms with E-state index in [1.54, 1.807) is 13.8 Å². The second kappa shape index (κ2) is 7.42. The lowest BCUT2D eigenvalue weighted by Gasteiger charge is -2.10. The first kappa shape index (κ1) is 19.2. The molecular weight excluding hydrogens is 357 g/mol. The molecule has 0 atom stereocenters. The summed E-state index contributed by atoms with van der Waals surface area (Å²) in [6, 6.07) is 2.15. The molecule has 0 saturated heterocycles. The third-order valence-corrected chi connectivity index (χ3v) is 3.49. The number of aromatic nitrogens is 1. The smallest absolute Gasteiger partial charge is 0.379 e. The fourth-order valence-electron chi connectivity index (χ4n) is 2.18. The summed E-state index contributed by atoms with van der Waals surface area (Å²) in [5, 5.41) is 19.9. The summed E-state index contributed by atoms with van der Waals surface area (Å²) < 4.78 is 42.9. The Kier molecular flexibility index (Phi) is 5.48. The van der Waals surface area contributed by atoms with Gasteiger partial charge in [-0.2, -0.15) is 13.2 Å². The van der Waals surface area contributed by atoms with Crippen molar-refractivity contribution in [2.24, 2.45) is 0 Å². The standard InChI is InChI=1S/C15H15F3N4O4/c1-8-14(9(2)26-21-8)20-13(23)5-6-19-11-4-3-10(15(16,17)18)7-12(11)22(24)25/h3-4,7,19H,5-6H2,1-2H3,(H,20,23). The Bertz CT molecular complexity index is 813. The Balaban J connectivity index is 2.01. The molecular formula is C15H15F3N4O4. The maximum Gasteiger partial charge on any atom is 0.416 e. The number of rotatable bonds is 6. The first-order valence-corrected chi connectivity index (χ1v) is 7.42. The van der Waals surface area contributed by atoms with Crippen LogP contribution in [0.3, 0.4) is 0 Å². The first-order valence-electron chi connectivity index (χ1n) is 7.42. The van der Waals surface area contributed by atoms with Gasteiger partial charge >= 0.3 is 6.18 Å². The van der Waals surface area contributed by atoms with Crippen molar-refractivity contribution < 1.29 is 27.4 Å². The number of nitro benzene ring substituents is 1. The molecule has 0 aliphatic rings. The number of anilines is 2. The number of hydrogen-bond acceptors (Lipinski definition) is 6. The van der Waals surface area contributed by atoms with Gasteiger partial charge in [-0.25, -0.2) is 0 Å². The molecule has 0 fully saturated rings.